The quantitative estimate of drug-likeness (QED) is 0.787. The minimum Gasteiger partial charge on any atom is -0.497 e. The number of hydrogen-bond acceptors (Lipinski definition) is 6. The number of fused-ring (bicyclic) bond motifs is 1. The summed E-state index contributed by atoms with van der Waals surface area (Å²) in [5.74, 6) is 1.97. The lowest BCUT2D eigenvalue weighted by Crippen LogP contribution is -1.90. The third-order valence-corrected chi connectivity index (χ3v) is 4.25. The van der Waals surface area contributed by atoms with Crippen LogP contribution in [0, 0.1) is 25.2 Å². The van der Waals surface area contributed by atoms with E-state index in [4.69, 9.17) is 9.15 Å². The highest BCUT2D eigenvalue weighted by atomic mass is 32.1. The van der Waals surface area contributed by atoms with Crippen molar-refractivity contribution >= 4 is 32.6 Å². The number of furan rings is 1. The number of benzene rings is 1. The van der Waals surface area contributed by atoms with Crippen molar-refractivity contribution < 1.29 is 9.15 Å². The molecule has 0 fully saturated rings. The molecule has 2 heterocycles. The van der Waals surface area contributed by atoms with Gasteiger partial charge in [-0.3, -0.25) is 0 Å². The Bertz CT molecular complexity index is 858. The van der Waals surface area contributed by atoms with Crippen LogP contribution in [0.1, 0.15) is 16.9 Å². The maximum atomic E-state index is 9.22. The second kappa shape index (κ2) is 5.11. The zero-order valence-corrected chi connectivity index (χ0v) is 12.7. The fourth-order valence-corrected chi connectivity index (χ4v) is 2.92. The first-order valence-electron chi connectivity index (χ1n) is 6.34. The summed E-state index contributed by atoms with van der Waals surface area (Å²) in [5.41, 5.74) is 2.24. The van der Waals surface area contributed by atoms with Gasteiger partial charge in [0.1, 0.15) is 23.1 Å². The van der Waals surface area contributed by atoms with Crippen LogP contribution in [0.3, 0.4) is 0 Å². The lowest BCUT2D eigenvalue weighted by atomic mass is 10.2. The van der Waals surface area contributed by atoms with E-state index in [0.29, 0.717) is 16.6 Å². The average Bonchev–Trinajstić information content (AvgIpc) is 2.99. The number of ether oxygens (including phenoxy) is 1. The Kier molecular flexibility index (Phi) is 3.28. The molecule has 3 aromatic rings. The number of nitrogens with zero attached hydrogens (tertiary/aromatic N) is 2. The molecule has 0 saturated carbocycles. The topological polar surface area (TPSA) is 71.1 Å². The van der Waals surface area contributed by atoms with Crippen molar-refractivity contribution in [2.24, 2.45) is 0 Å². The van der Waals surface area contributed by atoms with Crippen molar-refractivity contribution in [2.45, 2.75) is 13.8 Å². The number of anilines is 2. The first-order chi connectivity index (χ1) is 10.1. The number of aromatic nitrogens is 1. The highest BCUT2D eigenvalue weighted by Gasteiger charge is 2.16. The van der Waals surface area contributed by atoms with Gasteiger partial charge in [-0.1, -0.05) is 11.3 Å². The Morgan fingerprint density at radius 1 is 1.38 bits per heavy atom. The van der Waals surface area contributed by atoms with Gasteiger partial charge in [0.15, 0.2) is 5.13 Å². The van der Waals surface area contributed by atoms with Crippen molar-refractivity contribution in [3.63, 3.8) is 0 Å². The molecular weight excluding hydrogens is 286 g/mol. The molecule has 0 unspecified atom stereocenters. The molecule has 0 aliphatic carbocycles. The van der Waals surface area contributed by atoms with E-state index < -0.39 is 0 Å². The minimum absolute atomic E-state index is 0.443. The van der Waals surface area contributed by atoms with Gasteiger partial charge in [-0.15, -0.1) is 0 Å². The van der Waals surface area contributed by atoms with Gasteiger partial charge in [-0.2, -0.15) is 5.26 Å². The van der Waals surface area contributed by atoms with Crippen LogP contribution in [0.5, 0.6) is 5.75 Å². The van der Waals surface area contributed by atoms with Crippen LogP contribution in [-0.2, 0) is 0 Å². The average molecular weight is 299 g/mol. The fraction of sp³-hybridized carbons (Fsp3) is 0.200. The summed E-state index contributed by atoms with van der Waals surface area (Å²) in [6.45, 7) is 3.70. The highest BCUT2D eigenvalue weighted by molar-refractivity contribution is 7.22. The van der Waals surface area contributed by atoms with Crippen LogP contribution in [-0.4, -0.2) is 12.1 Å². The van der Waals surface area contributed by atoms with Crippen molar-refractivity contribution in [2.75, 3.05) is 12.4 Å². The summed E-state index contributed by atoms with van der Waals surface area (Å²) >= 11 is 1.48. The molecule has 5 nitrogen and oxygen atoms in total. The number of nitriles is 1. The zero-order valence-electron chi connectivity index (χ0n) is 11.9. The smallest absolute Gasteiger partial charge is 0.217 e. The van der Waals surface area contributed by atoms with Crippen LogP contribution in [0.2, 0.25) is 0 Å². The van der Waals surface area contributed by atoms with Gasteiger partial charge in [-0.05, 0) is 32.0 Å². The van der Waals surface area contributed by atoms with E-state index in [1.807, 2.05) is 32.0 Å². The molecule has 0 spiro atoms. The number of thiazole rings is 1. The highest BCUT2D eigenvalue weighted by Crippen LogP contribution is 2.33. The van der Waals surface area contributed by atoms with Crippen molar-refractivity contribution in [1.82, 2.24) is 4.98 Å². The van der Waals surface area contributed by atoms with Crippen molar-refractivity contribution in [3.8, 4) is 11.8 Å². The van der Waals surface area contributed by atoms with Gasteiger partial charge in [0.2, 0.25) is 5.88 Å². The van der Waals surface area contributed by atoms with Crippen LogP contribution in [0.25, 0.3) is 10.2 Å². The van der Waals surface area contributed by atoms with Crippen LogP contribution >= 0.6 is 11.3 Å². The zero-order chi connectivity index (χ0) is 15.0. The third-order valence-electron chi connectivity index (χ3n) is 3.31. The Labute approximate surface area is 125 Å². The SMILES string of the molecule is COc1ccc2nc(Nc3oc(C)c(C)c3C#N)sc2c1. The van der Waals surface area contributed by atoms with E-state index in [0.717, 1.165) is 27.3 Å². The molecule has 0 atom stereocenters. The van der Waals surface area contributed by atoms with Gasteiger partial charge in [0, 0.05) is 5.56 Å². The predicted octanol–water partition coefficient (Wildman–Crippen LogP) is 4.13. The summed E-state index contributed by atoms with van der Waals surface area (Å²) in [6.07, 6.45) is 0. The molecule has 21 heavy (non-hydrogen) atoms. The van der Waals surface area contributed by atoms with E-state index >= 15 is 0 Å². The molecule has 0 bridgehead atoms. The summed E-state index contributed by atoms with van der Waals surface area (Å²) in [7, 11) is 1.63. The molecular formula is C15H13N3O2S. The Morgan fingerprint density at radius 3 is 2.90 bits per heavy atom. The molecule has 2 aromatic heterocycles. The third kappa shape index (κ3) is 2.32. The van der Waals surface area contributed by atoms with Gasteiger partial charge in [0.05, 0.1) is 17.3 Å². The van der Waals surface area contributed by atoms with E-state index in [1.54, 1.807) is 7.11 Å². The molecule has 0 aliphatic heterocycles. The van der Waals surface area contributed by atoms with E-state index in [2.05, 4.69) is 16.4 Å². The molecule has 6 heteroatoms. The Balaban J connectivity index is 1.99. The van der Waals surface area contributed by atoms with E-state index in [1.165, 1.54) is 11.3 Å². The second-order valence-electron chi connectivity index (χ2n) is 4.58. The van der Waals surface area contributed by atoms with Gasteiger partial charge in [0.25, 0.3) is 0 Å². The van der Waals surface area contributed by atoms with Gasteiger partial charge < -0.3 is 14.5 Å². The normalized spacial score (nSPS) is 10.6. The van der Waals surface area contributed by atoms with Gasteiger partial charge in [-0.25, -0.2) is 4.98 Å². The second-order valence-corrected chi connectivity index (χ2v) is 5.61. The van der Waals surface area contributed by atoms with Crippen molar-refractivity contribution in [1.29, 1.82) is 5.26 Å². The minimum atomic E-state index is 0.443. The maximum Gasteiger partial charge on any atom is 0.217 e. The Morgan fingerprint density at radius 2 is 2.19 bits per heavy atom. The van der Waals surface area contributed by atoms with E-state index in [9.17, 15) is 5.26 Å². The summed E-state index contributed by atoms with van der Waals surface area (Å²) < 4.78 is 11.8. The standard InChI is InChI=1S/C15H13N3O2S/c1-8-9(2)20-14(11(8)7-16)18-15-17-12-5-4-10(19-3)6-13(12)21-15/h4-6H,1-3H3,(H,17,18). The maximum absolute atomic E-state index is 9.22. The molecule has 0 radical (unpaired) electrons. The first-order valence-corrected chi connectivity index (χ1v) is 7.15. The van der Waals surface area contributed by atoms with Crippen LogP contribution in [0.4, 0.5) is 11.0 Å². The summed E-state index contributed by atoms with van der Waals surface area (Å²) in [4.78, 5) is 4.48. The number of nitrogens with one attached hydrogen (secondary N) is 1. The molecule has 1 aromatic carbocycles. The molecule has 1 N–H and O–H groups in total. The largest absolute Gasteiger partial charge is 0.497 e. The fourth-order valence-electron chi connectivity index (χ4n) is 2.03. The van der Waals surface area contributed by atoms with E-state index in [-0.39, 0.29) is 0 Å². The molecule has 0 aliphatic rings. The lowest BCUT2D eigenvalue weighted by Gasteiger charge is -1.97. The summed E-state index contributed by atoms with van der Waals surface area (Å²) in [5, 5.41) is 13.0. The molecule has 0 saturated heterocycles. The number of rotatable bonds is 3. The molecule has 106 valence electrons. The predicted molar refractivity (Wildman–Crippen MR) is 82.4 cm³/mol. The Hall–Kier alpha value is -2.52. The van der Waals surface area contributed by atoms with Crippen LogP contribution in [0.15, 0.2) is 22.6 Å². The summed E-state index contributed by atoms with van der Waals surface area (Å²) in [6, 6.07) is 7.86. The van der Waals surface area contributed by atoms with Crippen LogP contribution < -0.4 is 10.1 Å². The lowest BCUT2D eigenvalue weighted by molar-refractivity contribution is 0.415. The number of methoxy groups -OCH3 is 1. The molecule has 3 rings (SSSR count). The monoisotopic (exact) mass is 299 g/mol. The number of aryl methyl sites for hydroxylation is 1. The van der Waals surface area contributed by atoms with Crippen molar-refractivity contribution in [3.05, 3.63) is 35.1 Å². The first kappa shape index (κ1) is 13.5. The molecule has 0 amide bonds. The number of hydrogen-bond donors (Lipinski definition) is 1. The van der Waals surface area contributed by atoms with Gasteiger partial charge >= 0.3 is 0 Å².